The minimum atomic E-state index is -4.50. The third-order valence-corrected chi connectivity index (χ3v) is 5.42. The molecule has 168 valence electrons. The molecule has 1 amide bonds. The number of amides is 1. The number of aromatic nitrogens is 1. The predicted molar refractivity (Wildman–Crippen MR) is 109 cm³/mol. The van der Waals surface area contributed by atoms with Crippen molar-refractivity contribution in [3.8, 4) is 0 Å². The fraction of sp³-hybridized carbons (Fsp3) is 0.524. The van der Waals surface area contributed by atoms with Crippen LogP contribution in [0.5, 0.6) is 0 Å². The molecule has 0 saturated carbocycles. The Balaban J connectivity index is 1.57. The van der Waals surface area contributed by atoms with Gasteiger partial charge in [0.2, 0.25) is 0 Å². The lowest BCUT2D eigenvalue weighted by Crippen LogP contribution is -2.55. The highest BCUT2D eigenvalue weighted by Gasteiger charge is 2.36. The standard InChI is InChI=1S/C21H25F3N4O3/c1-13-10-28(11-18(31-13)20(29)27-14-9-25-7-8-30-12-14)17-5-4-16(21(22,23)24)19-15(17)3-2-6-26-19/h2-6,13-14,18,25H,7-12H2,1H3,(H,27,29)/t13-,14?,18-/m1/s1. The Morgan fingerprint density at radius 3 is 2.94 bits per heavy atom. The number of hydrogen-bond donors (Lipinski definition) is 2. The fourth-order valence-electron chi connectivity index (χ4n) is 4.05. The average molecular weight is 438 g/mol. The van der Waals surface area contributed by atoms with Gasteiger partial charge in [-0.3, -0.25) is 9.78 Å². The first-order chi connectivity index (χ1) is 14.8. The summed E-state index contributed by atoms with van der Waals surface area (Å²) >= 11 is 0. The van der Waals surface area contributed by atoms with Crippen LogP contribution in [0.2, 0.25) is 0 Å². The number of halogens is 3. The molecule has 2 N–H and O–H groups in total. The molecule has 2 aromatic rings. The molecule has 0 radical (unpaired) electrons. The minimum Gasteiger partial charge on any atom is -0.378 e. The number of pyridine rings is 1. The molecule has 0 bridgehead atoms. The summed E-state index contributed by atoms with van der Waals surface area (Å²) in [5.74, 6) is -0.261. The molecule has 3 heterocycles. The monoisotopic (exact) mass is 438 g/mol. The Morgan fingerprint density at radius 1 is 1.29 bits per heavy atom. The number of fused-ring (bicyclic) bond motifs is 1. The van der Waals surface area contributed by atoms with Crippen molar-refractivity contribution in [3.63, 3.8) is 0 Å². The van der Waals surface area contributed by atoms with Gasteiger partial charge in [0.05, 0.1) is 43.0 Å². The zero-order valence-electron chi connectivity index (χ0n) is 17.1. The van der Waals surface area contributed by atoms with Crippen molar-refractivity contribution in [2.24, 2.45) is 0 Å². The van der Waals surface area contributed by atoms with E-state index in [1.165, 1.54) is 12.3 Å². The summed E-state index contributed by atoms with van der Waals surface area (Å²) in [6.07, 6.45) is -4.17. The highest BCUT2D eigenvalue weighted by Crippen LogP contribution is 2.38. The molecule has 2 saturated heterocycles. The van der Waals surface area contributed by atoms with E-state index in [0.717, 1.165) is 12.6 Å². The molecule has 0 aliphatic carbocycles. The van der Waals surface area contributed by atoms with Crippen LogP contribution >= 0.6 is 0 Å². The van der Waals surface area contributed by atoms with Gasteiger partial charge in [-0.15, -0.1) is 0 Å². The number of rotatable bonds is 3. The Hall–Kier alpha value is -2.43. The van der Waals surface area contributed by atoms with Gasteiger partial charge in [-0.1, -0.05) is 0 Å². The van der Waals surface area contributed by atoms with E-state index < -0.39 is 17.8 Å². The molecule has 2 aliphatic heterocycles. The average Bonchev–Trinajstić information content (AvgIpc) is 3.00. The highest BCUT2D eigenvalue weighted by atomic mass is 19.4. The highest BCUT2D eigenvalue weighted by molar-refractivity contribution is 5.94. The van der Waals surface area contributed by atoms with E-state index >= 15 is 0 Å². The summed E-state index contributed by atoms with van der Waals surface area (Å²) in [6.45, 7) is 4.86. The van der Waals surface area contributed by atoms with Gasteiger partial charge in [0.1, 0.15) is 0 Å². The maximum absolute atomic E-state index is 13.4. The Bertz CT molecular complexity index is 932. The number of anilines is 1. The number of benzene rings is 1. The number of hydrogen-bond acceptors (Lipinski definition) is 6. The number of carbonyl (C=O) groups excluding carboxylic acids is 1. The SMILES string of the molecule is C[C@@H]1CN(c2ccc(C(F)(F)F)c3ncccc23)C[C@H](C(=O)NC2CNCCOC2)O1. The number of morpholine rings is 1. The molecule has 2 aliphatic rings. The number of nitrogens with zero attached hydrogens (tertiary/aromatic N) is 2. The first-order valence-corrected chi connectivity index (χ1v) is 10.3. The molecule has 3 atom stereocenters. The van der Waals surface area contributed by atoms with E-state index in [-0.39, 0.29) is 30.1 Å². The zero-order chi connectivity index (χ0) is 22.0. The molecular weight excluding hydrogens is 413 g/mol. The van der Waals surface area contributed by atoms with Crippen molar-refractivity contribution in [2.45, 2.75) is 31.3 Å². The Labute approximate surface area is 177 Å². The van der Waals surface area contributed by atoms with Crippen molar-refractivity contribution >= 4 is 22.5 Å². The van der Waals surface area contributed by atoms with Gasteiger partial charge in [-0.2, -0.15) is 13.2 Å². The molecule has 7 nitrogen and oxygen atoms in total. The topological polar surface area (TPSA) is 75.7 Å². The summed E-state index contributed by atoms with van der Waals surface area (Å²) in [5.41, 5.74) is -0.277. The second kappa shape index (κ2) is 8.97. The Kier molecular flexibility index (Phi) is 6.31. The van der Waals surface area contributed by atoms with Crippen molar-refractivity contribution in [2.75, 3.05) is 44.3 Å². The normalized spacial score (nSPS) is 25.3. The first-order valence-electron chi connectivity index (χ1n) is 10.3. The van der Waals surface area contributed by atoms with E-state index in [0.29, 0.717) is 37.4 Å². The largest absolute Gasteiger partial charge is 0.418 e. The third-order valence-electron chi connectivity index (χ3n) is 5.42. The van der Waals surface area contributed by atoms with Gasteiger partial charge in [0, 0.05) is 36.9 Å². The number of alkyl halides is 3. The molecule has 4 rings (SSSR count). The molecule has 31 heavy (non-hydrogen) atoms. The first kappa shape index (κ1) is 21.8. The van der Waals surface area contributed by atoms with Gasteiger partial charge in [0.25, 0.3) is 5.91 Å². The molecule has 0 spiro atoms. The quantitative estimate of drug-likeness (QED) is 0.763. The molecule has 1 aromatic carbocycles. The van der Waals surface area contributed by atoms with Gasteiger partial charge in [-0.25, -0.2) is 0 Å². The third kappa shape index (κ3) is 4.91. The van der Waals surface area contributed by atoms with Crippen LogP contribution in [-0.4, -0.2) is 68.5 Å². The Morgan fingerprint density at radius 2 is 2.13 bits per heavy atom. The zero-order valence-corrected chi connectivity index (χ0v) is 17.1. The van der Waals surface area contributed by atoms with Crippen LogP contribution in [0.15, 0.2) is 30.5 Å². The van der Waals surface area contributed by atoms with Crippen LogP contribution < -0.4 is 15.5 Å². The summed E-state index contributed by atoms with van der Waals surface area (Å²) < 4.78 is 51.6. The van der Waals surface area contributed by atoms with Crippen molar-refractivity contribution in [1.29, 1.82) is 0 Å². The van der Waals surface area contributed by atoms with Gasteiger partial charge in [-0.05, 0) is 31.2 Å². The number of ether oxygens (including phenoxy) is 2. The van der Waals surface area contributed by atoms with E-state index in [2.05, 4.69) is 15.6 Å². The van der Waals surface area contributed by atoms with Gasteiger partial charge < -0.3 is 25.0 Å². The smallest absolute Gasteiger partial charge is 0.378 e. The molecule has 10 heteroatoms. The van der Waals surface area contributed by atoms with Crippen LogP contribution in [-0.2, 0) is 20.4 Å². The summed E-state index contributed by atoms with van der Waals surface area (Å²) in [6, 6.07) is 5.56. The lowest BCUT2D eigenvalue weighted by molar-refractivity contribution is -0.138. The second-order valence-electron chi connectivity index (χ2n) is 7.85. The summed E-state index contributed by atoms with van der Waals surface area (Å²) in [4.78, 5) is 18.7. The van der Waals surface area contributed by atoms with E-state index in [4.69, 9.17) is 9.47 Å². The van der Waals surface area contributed by atoms with Gasteiger partial charge >= 0.3 is 6.18 Å². The lowest BCUT2D eigenvalue weighted by atomic mass is 10.0. The van der Waals surface area contributed by atoms with Crippen LogP contribution in [0.3, 0.4) is 0 Å². The van der Waals surface area contributed by atoms with E-state index in [1.807, 2.05) is 11.8 Å². The van der Waals surface area contributed by atoms with E-state index in [9.17, 15) is 18.0 Å². The van der Waals surface area contributed by atoms with Gasteiger partial charge in [0.15, 0.2) is 6.10 Å². The van der Waals surface area contributed by atoms with Crippen molar-refractivity contribution in [1.82, 2.24) is 15.6 Å². The predicted octanol–water partition coefficient (Wildman–Crippen LogP) is 1.95. The van der Waals surface area contributed by atoms with Crippen molar-refractivity contribution < 1.29 is 27.4 Å². The molecular formula is C21H25F3N4O3. The minimum absolute atomic E-state index is 0.102. The maximum Gasteiger partial charge on any atom is 0.418 e. The number of carbonyl (C=O) groups is 1. The maximum atomic E-state index is 13.4. The van der Waals surface area contributed by atoms with Crippen LogP contribution in [0.4, 0.5) is 18.9 Å². The summed E-state index contributed by atoms with van der Waals surface area (Å²) in [7, 11) is 0. The molecule has 1 unspecified atom stereocenters. The fourth-order valence-corrected chi connectivity index (χ4v) is 4.05. The van der Waals surface area contributed by atoms with Crippen molar-refractivity contribution in [3.05, 3.63) is 36.0 Å². The van der Waals surface area contributed by atoms with Crippen LogP contribution in [0.25, 0.3) is 10.9 Å². The number of nitrogens with one attached hydrogen (secondary N) is 2. The van der Waals surface area contributed by atoms with E-state index in [1.54, 1.807) is 12.1 Å². The lowest BCUT2D eigenvalue weighted by Gasteiger charge is -2.38. The second-order valence-corrected chi connectivity index (χ2v) is 7.85. The molecule has 2 fully saturated rings. The molecule has 1 aromatic heterocycles. The van der Waals surface area contributed by atoms with Crippen LogP contribution in [0, 0.1) is 0 Å². The van der Waals surface area contributed by atoms with Crippen LogP contribution in [0.1, 0.15) is 12.5 Å². The summed E-state index contributed by atoms with van der Waals surface area (Å²) in [5, 5.41) is 6.54.